The Morgan fingerprint density at radius 1 is 0.677 bits per heavy atom. The molecule has 0 saturated carbocycles. The Kier molecular flexibility index (Phi) is 4.97. The van der Waals surface area contributed by atoms with E-state index in [1.165, 1.54) is 0 Å². The molecule has 0 aliphatic carbocycles. The molecule has 2 N–H and O–H groups in total. The fourth-order valence-corrected chi connectivity index (χ4v) is 4.19. The average Bonchev–Trinajstić information content (AvgIpc) is 2.80. The van der Waals surface area contributed by atoms with Gasteiger partial charge in [0.15, 0.2) is 0 Å². The molecular weight excluding hydrogens is 388 g/mol. The van der Waals surface area contributed by atoms with Crippen LogP contribution in [0.15, 0.2) is 97.1 Å². The predicted octanol–water partition coefficient (Wildman–Crippen LogP) is 6.20. The summed E-state index contributed by atoms with van der Waals surface area (Å²) in [5.41, 5.74) is 3.25. The Hall–Kier alpha value is -3.92. The molecule has 4 heteroatoms. The molecule has 4 aromatic rings. The minimum absolute atomic E-state index is 0.0414. The van der Waals surface area contributed by atoms with E-state index in [1.54, 1.807) is 24.3 Å². The van der Waals surface area contributed by atoms with E-state index in [0.29, 0.717) is 12.4 Å². The first kappa shape index (κ1) is 19.1. The Morgan fingerprint density at radius 2 is 1.32 bits per heavy atom. The van der Waals surface area contributed by atoms with Gasteiger partial charge in [-0.3, -0.25) is 0 Å². The Bertz CT molecular complexity index is 1170. The molecule has 0 bridgehead atoms. The largest absolute Gasteiger partial charge is 0.508 e. The van der Waals surface area contributed by atoms with Crippen LogP contribution in [0.4, 0.5) is 0 Å². The molecule has 31 heavy (non-hydrogen) atoms. The number of hydrogen-bond acceptors (Lipinski definition) is 4. The zero-order valence-corrected chi connectivity index (χ0v) is 16.8. The Labute approximate surface area is 181 Å². The molecule has 1 aliphatic rings. The minimum atomic E-state index is 0.0414. The van der Waals surface area contributed by atoms with Crippen molar-refractivity contribution in [1.29, 1.82) is 0 Å². The van der Waals surface area contributed by atoms with Crippen LogP contribution in [0.1, 0.15) is 28.5 Å². The van der Waals surface area contributed by atoms with Gasteiger partial charge in [-0.25, -0.2) is 0 Å². The van der Waals surface area contributed by atoms with Crippen molar-refractivity contribution in [2.75, 3.05) is 6.61 Å². The maximum absolute atomic E-state index is 9.91. The highest BCUT2D eigenvalue weighted by atomic mass is 16.5. The fraction of sp³-hybridized carbons (Fsp3) is 0.111. The minimum Gasteiger partial charge on any atom is -0.508 e. The van der Waals surface area contributed by atoms with Gasteiger partial charge >= 0.3 is 0 Å². The summed E-state index contributed by atoms with van der Waals surface area (Å²) in [7, 11) is 0. The van der Waals surface area contributed by atoms with Crippen LogP contribution < -0.4 is 9.47 Å². The van der Waals surface area contributed by atoms with Crippen LogP contribution in [-0.4, -0.2) is 16.8 Å². The van der Waals surface area contributed by atoms with Gasteiger partial charge in [0.1, 0.15) is 28.7 Å². The van der Waals surface area contributed by atoms with Gasteiger partial charge in [0.2, 0.25) is 0 Å². The number of rotatable bonds is 4. The molecule has 0 radical (unpaired) electrons. The summed E-state index contributed by atoms with van der Waals surface area (Å²) in [6, 6.07) is 30.4. The van der Waals surface area contributed by atoms with E-state index < -0.39 is 0 Å². The highest BCUT2D eigenvalue weighted by Gasteiger charge is 2.33. The molecule has 1 heterocycles. The number of ether oxygens (including phenoxy) is 2. The van der Waals surface area contributed by atoms with E-state index in [9.17, 15) is 10.2 Å². The second kappa shape index (κ2) is 8.07. The SMILES string of the molecule is Oc1ccc(C2COc3cc(O)ccc3C2c2ccc(Oc3ccccc3)cc2)cc1. The Balaban J connectivity index is 1.52. The van der Waals surface area contributed by atoms with Crippen molar-refractivity contribution < 1.29 is 19.7 Å². The topological polar surface area (TPSA) is 58.9 Å². The molecule has 2 unspecified atom stereocenters. The van der Waals surface area contributed by atoms with E-state index in [-0.39, 0.29) is 23.3 Å². The number of phenols is 2. The van der Waals surface area contributed by atoms with Gasteiger partial charge < -0.3 is 19.7 Å². The molecule has 0 fully saturated rings. The van der Waals surface area contributed by atoms with Crippen molar-refractivity contribution >= 4 is 0 Å². The second-order valence-electron chi connectivity index (χ2n) is 7.69. The van der Waals surface area contributed by atoms with Gasteiger partial charge in [-0.2, -0.15) is 0 Å². The summed E-state index contributed by atoms with van der Waals surface area (Å²) in [6.07, 6.45) is 0. The fourth-order valence-electron chi connectivity index (χ4n) is 4.19. The molecule has 4 aromatic carbocycles. The molecule has 0 saturated heterocycles. The van der Waals surface area contributed by atoms with Crippen molar-refractivity contribution in [2.24, 2.45) is 0 Å². The smallest absolute Gasteiger partial charge is 0.127 e. The summed E-state index contributed by atoms with van der Waals surface area (Å²) < 4.78 is 12.0. The van der Waals surface area contributed by atoms with Gasteiger partial charge in [-0.15, -0.1) is 0 Å². The van der Waals surface area contributed by atoms with Crippen molar-refractivity contribution in [1.82, 2.24) is 0 Å². The first-order valence-corrected chi connectivity index (χ1v) is 10.2. The van der Waals surface area contributed by atoms with Gasteiger partial charge in [0.25, 0.3) is 0 Å². The molecule has 5 rings (SSSR count). The standard InChI is InChI=1S/C27H22O4/c28-20-10-6-18(7-11-20)25-17-30-26-16-21(29)12-15-24(26)27(25)19-8-13-23(14-9-19)31-22-4-2-1-3-5-22/h1-16,25,27-29H,17H2. The normalized spacial score (nSPS) is 17.4. The third-order valence-electron chi connectivity index (χ3n) is 5.69. The molecule has 154 valence electrons. The summed E-state index contributed by atoms with van der Waals surface area (Å²) in [5.74, 6) is 2.80. The van der Waals surface area contributed by atoms with E-state index in [0.717, 1.165) is 28.2 Å². The highest BCUT2D eigenvalue weighted by molar-refractivity contribution is 5.51. The molecule has 4 nitrogen and oxygen atoms in total. The van der Waals surface area contributed by atoms with Gasteiger partial charge in [-0.05, 0) is 53.6 Å². The van der Waals surface area contributed by atoms with Crippen LogP contribution in [0.3, 0.4) is 0 Å². The summed E-state index contributed by atoms with van der Waals surface area (Å²) in [4.78, 5) is 0. The van der Waals surface area contributed by atoms with E-state index in [4.69, 9.17) is 9.47 Å². The van der Waals surface area contributed by atoms with Crippen molar-refractivity contribution in [3.8, 4) is 28.7 Å². The van der Waals surface area contributed by atoms with Crippen LogP contribution in [0.25, 0.3) is 0 Å². The number of para-hydroxylation sites is 1. The number of hydrogen-bond donors (Lipinski definition) is 2. The molecule has 2 atom stereocenters. The third-order valence-corrected chi connectivity index (χ3v) is 5.69. The molecular formula is C27H22O4. The lowest BCUT2D eigenvalue weighted by Crippen LogP contribution is -2.25. The highest BCUT2D eigenvalue weighted by Crippen LogP contribution is 2.47. The molecule has 1 aliphatic heterocycles. The molecule has 0 spiro atoms. The average molecular weight is 410 g/mol. The van der Waals surface area contributed by atoms with E-state index in [2.05, 4.69) is 12.1 Å². The lowest BCUT2D eigenvalue weighted by atomic mass is 9.76. The number of benzene rings is 4. The van der Waals surface area contributed by atoms with E-state index in [1.807, 2.05) is 60.7 Å². The second-order valence-corrected chi connectivity index (χ2v) is 7.69. The lowest BCUT2D eigenvalue weighted by Gasteiger charge is -2.34. The Morgan fingerprint density at radius 3 is 2.06 bits per heavy atom. The lowest BCUT2D eigenvalue weighted by molar-refractivity contribution is 0.247. The zero-order chi connectivity index (χ0) is 21.2. The number of fused-ring (bicyclic) bond motifs is 1. The maximum Gasteiger partial charge on any atom is 0.127 e. The molecule has 0 amide bonds. The first-order valence-electron chi connectivity index (χ1n) is 10.2. The summed E-state index contributed by atoms with van der Waals surface area (Å²) >= 11 is 0. The first-order chi connectivity index (χ1) is 15.2. The zero-order valence-electron chi connectivity index (χ0n) is 16.8. The van der Waals surface area contributed by atoms with Crippen LogP contribution >= 0.6 is 0 Å². The summed E-state index contributed by atoms with van der Waals surface area (Å²) in [6.45, 7) is 0.480. The van der Waals surface area contributed by atoms with Crippen LogP contribution in [0, 0.1) is 0 Å². The molecule has 0 aromatic heterocycles. The van der Waals surface area contributed by atoms with Gasteiger partial charge in [0.05, 0.1) is 6.61 Å². The predicted molar refractivity (Wildman–Crippen MR) is 119 cm³/mol. The number of phenolic OH excluding ortho intramolecular Hbond substituents is 2. The summed E-state index contributed by atoms with van der Waals surface area (Å²) in [5, 5.41) is 19.6. The van der Waals surface area contributed by atoms with Crippen molar-refractivity contribution in [3.63, 3.8) is 0 Å². The number of aromatic hydroxyl groups is 2. The monoisotopic (exact) mass is 410 g/mol. The van der Waals surface area contributed by atoms with E-state index >= 15 is 0 Å². The van der Waals surface area contributed by atoms with Crippen molar-refractivity contribution in [2.45, 2.75) is 11.8 Å². The quantitative estimate of drug-likeness (QED) is 0.421. The van der Waals surface area contributed by atoms with Crippen LogP contribution in [0.5, 0.6) is 28.7 Å². The van der Waals surface area contributed by atoms with Gasteiger partial charge in [-0.1, -0.05) is 48.5 Å². The van der Waals surface area contributed by atoms with Gasteiger partial charge in [0, 0.05) is 23.5 Å². The third kappa shape index (κ3) is 3.92. The maximum atomic E-state index is 9.91. The van der Waals surface area contributed by atoms with Crippen LogP contribution in [-0.2, 0) is 0 Å². The van der Waals surface area contributed by atoms with Crippen molar-refractivity contribution in [3.05, 3.63) is 114 Å². The van der Waals surface area contributed by atoms with Crippen LogP contribution in [0.2, 0.25) is 0 Å².